The van der Waals surface area contributed by atoms with Crippen molar-refractivity contribution in [1.82, 2.24) is 0 Å². The van der Waals surface area contributed by atoms with Gasteiger partial charge in [0.2, 0.25) is 0 Å². The summed E-state index contributed by atoms with van der Waals surface area (Å²) in [6.07, 6.45) is 0. The van der Waals surface area contributed by atoms with Crippen molar-refractivity contribution in [1.29, 1.82) is 0 Å². The van der Waals surface area contributed by atoms with E-state index in [2.05, 4.69) is 11.8 Å². The highest BCUT2D eigenvalue weighted by Crippen LogP contribution is 2.19. The summed E-state index contributed by atoms with van der Waals surface area (Å²) < 4.78 is 5.10. The minimum Gasteiger partial charge on any atom is -0.496 e. The lowest BCUT2D eigenvalue weighted by Crippen LogP contribution is -1.92. The van der Waals surface area contributed by atoms with E-state index >= 15 is 0 Å². The quantitative estimate of drug-likeness (QED) is 0.596. The fraction of sp³-hybridized carbons (Fsp3) is 0.273. The van der Waals surface area contributed by atoms with E-state index in [9.17, 15) is 0 Å². The molecular weight excluding hydrogens is 200 g/mol. The topological polar surface area (TPSA) is 29.5 Å². The van der Waals surface area contributed by atoms with Gasteiger partial charge in [-0.15, -0.1) is 11.6 Å². The van der Waals surface area contributed by atoms with Crippen LogP contribution in [0.4, 0.5) is 0 Å². The number of ether oxygens (including phenoxy) is 1. The summed E-state index contributed by atoms with van der Waals surface area (Å²) in [4.78, 5) is 0. The zero-order valence-corrected chi connectivity index (χ0v) is 8.64. The van der Waals surface area contributed by atoms with Gasteiger partial charge < -0.3 is 9.84 Å². The van der Waals surface area contributed by atoms with Crippen LogP contribution in [0, 0.1) is 11.8 Å². The van der Waals surface area contributed by atoms with Crippen LogP contribution in [-0.2, 0) is 6.61 Å². The molecule has 0 saturated heterocycles. The first-order valence-electron chi connectivity index (χ1n) is 4.14. The average molecular weight is 211 g/mol. The Labute approximate surface area is 88.5 Å². The molecule has 3 heteroatoms. The molecule has 1 aromatic rings. The molecule has 2 nitrogen and oxygen atoms in total. The molecule has 0 unspecified atom stereocenters. The number of hydrogen-bond donors (Lipinski definition) is 1. The zero-order valence-electron chi connectivity index (χ0n) is 7.88. The number of benzene rings is 1. The number of hydrogen-bond acceptors (Lipinski definition) is 2. The van der Waals surface area contributed by atoms with E-state index in [1.807, 2.05) is 6.07 Å². The van der Waals surface area contributed by atoms with Crippen molar-refractivity contribution >= 4 is 11.6 Å². The van der Waals surface area contributed by atoms with Crippen molar-refractivity contribution in [2.24, 2.45) is 0 Å². The molecule has 1 N–H and O–H groups in total. The van der Waals surface area contributed by atoms with Crippen molar-refractivity contribution < 1.29 is 9.84 Å². The second-order valence-electron chi connectivity index (χ2n) is 2.62. The van der Waals surface area contributed by atoms with Crippen molar-refractivity contribution in [3.05, 3.63) is 29.3 Å². The van der Waals surface area contributed by atoms with Gasteiger partial charge in [-0.2, -0.15) is 0 Å². The van der Waals surface area contributed by atoms with Gasteiger partial charge in [-0.25, -0.2) is 0 Å². The molecule has 1 aromatic carbocycles. The van der Waals surface area contributed by atoms with E-state index in [4.69, 9.17) is 21.4 Å². The monoisotopic (exact) mass is 210 g/mol. The fourth-order valence-electron chi connectivity index (χ4n) is 1.09. The second-order valence-corrected chi connectivity index (χ2v) is 2.89. The first kappa shape index (κ1) is 10.9. The van der Waals surface area contributed by atoms with E-state index in [0.717, 1.165) is 11.1 Å². The molecule has 0 radical (unpaired) electrons. The maximum absolute atomic E-state index is 8.98. The Bertz CT molecular complexity index is 363. The van der Waals surface area contributed by atoms with Gasteiger partial charge in [0.25, 0.3) is 0 Å². The van der Waals surface area contributed by atoms with Crippen LogP contribution in [0.3, 0.4) is 0 Å². The molecule has 1 rings (SSSR count). The Morgan fingerprint density at radius 1 is 1.50 bits per heavy atom. The third kappa shape index (κ3) is 2.66. The highest BCUT2D eigenvalue weighted by atomic mass is 35.5. The molecule has 0 aromatic heterocycles. The standard InChI is InChI=1S/C11H11ClO2/c1-14-11-7-9(3-2-6-12)4-5-10(11)8-13/h4-5,7,13H,6,8H2,1H3. The molecule has 0 bridgehead atoms. The average Bonchev–Trinajstić information content (AvgIpc) is 2.25. The summed E-state index contributed by atoms with van der Waals surface area (Å²) in [5.41, 5.74) is 1.59. The van der Waals surface area contributed by atoms with Crippen LogP contribution in [0.5, 0.6) is 5.75 Å². The highest BCUT2D eigenvalue weighted by molar-refractivity contribution is 6.19. The number of alkyl halides is 1. The van der Waals surface area contributed by atoms with Crippen molar-refractivity contribution in [3.8, 4) is 17.6 Å². The Morgan fingerprint density at radius 3 is 2.86 bits per heavy atom. The summed E-state index contributed by atoms with van der Waals surface area (Å²) in [6.45, 7) is -0.0353. The lowest BCUT2D eigenvalue weighted by Gasteiger charge is -2.05. The number of methoxy groups -OCH3 is 1. The smallest absolute Gasteiger partial charge is 0.125 e. The third-order valence-electron chi connectivity index (χ3n) is 1.76. The summed E-state index contributed by atoms with van der Waals surface area (Å²) >= 11 is 5.44. The molecule has 0 fully saturated rings. The first-order chi connectivity index (χ1) is 6.81. The van der Waals surface area contributed by atoms with Crippen LogP contribution in [0.25, 0.3) is 0 Å². The lowest BCUT2D eigenvalue weighted by molar-refractivity contribution is 0.274. The fourth-order valence-corrected chi connectivity index (χ4v) is 1.16. The Kier molecular flexibility index (Phi) is 4.31. The molecule has 0 atom stereocenters. The van der Waals surface area contributed by atoms with Crippen LogP contribution in [0.1, 0.15) is 11.1 Å². The zero-order chi connectivity index (χ0) is 10.4. The van der Waals surface area contributed by atoms with Crippen molar-refractivity contribution in [3.63, 3.8) is 0 Å². The number of aliphatic hydroxyl groups excluding tert-OH is 1. The minimum absolute atomic E-state index is 0.0353. The maximum atomic E-state index is 8.98. The first-order valence-corrected chi connectivity index (χ1v) is 4.68. The van der Waals surface area contributed by atoms with Gasteiger partial charge in [0.15, 0.2) is 0 Å². The highest BCUT2D eigenvalue weighted by Gasteiger charge is 2.01. The van der Waals surface area contributed by atoms with Gasteiger partial charge in [0.05, 0.1) is 19.6 Å². The Balaban J connectivity index is 3.01. The molecule has 0 aliphatic rings. The van der Waals surface area contributed by atoms with Crippen LogP contribution in [0.2, 0.25) is 0 Å². The predicted octanol–water partition coefficient (Wildman–Crippen LogP) is 1.78. The van der Waals surface area contributed by atoms with Crippen molar-refractivity contribution in [2.75, 3.05) is 13.0 Å². The maximum Gasteiger partial charge on any atom is 0.125 e. The van der Waals surface area contributed by atoms with Crippen molar-refractivity contribution in [2.45, 2.75) is 6.61 Å². The molecular formula is C11H11ClO2. The third-order valence-corrected chi connectivity index (χ3v) is 1.89. The minimum atomic E-state index is -0.0353. The van der Waals surface area contributed by atoms with Gasteiger partial charge in [0.1, 0.15) is 5.75 Å². The van der Waals surface area contributed by atoms with E-state index in [1.54, 1.807) is 19.2 Å². The Morgan fingerprint density at radius 2 is 2.29 bits per heavy atom. The largest absolute Gasteiger partial charge is 0.496 e. The van der Waals surface area contributed by atoms with Gasteiger partial charge in [-0.3, -0.25) is 0 Å². The van der Waals surface area contributed by atoms with Gasteiger partial charge in [-0.1, -0.05) is 17.9 Å². The number of aliphatic hydroxyl groups is 1. The number of rotatable bonds is 2. The van der Waals surface area contributed by atoms with Crippen LogP contribution < -0.4 is 4.74 Å². The molecule has 0 saturated carbocycles. The van der Waals surface area contributed by atoms with E-state index < -0.39 is 0 Å². The van der Waals surface area contributed by atoms with Crippen LogP contribution in [0.15, 0.2) is 18.2 Å². The van der Waals surface area contributed by atoms with Gasteiger partial charge >= 0.3 is 0 Å². The summed E-state index contributed by atoms with van der Waals surface area (Å²) in [6, 6.07) is 5.40. The normalized spacial score (nSPS) is 9.07. The molecule has 14 heavy (non-hydrogen) atoms. The lowest BCUT2D eigenvalue weighted by atomic mass is 10.1. The molecule has 0 aliphatic carbocycles. The molecule has 0 heterocycles. The van der Waals surface area contributed by atoms with Crippen LogP contribution >= 0.6 is 11.6 Å². The Hall–Kier alpha value is -1.17. The van der Waals surface area contributed by atoms with Crippen LogP contribution in [-0.4, -0.2) is 18.1 Å². The molecule has 0 spiro atoms. The van der Waals surface area contributed by atoms with E-state index in [0.29, 0.717) is 11.6 Å². The SMILES string of the molecule is COc1cc(C#CCCl)ccc1CO. The predicted molar refractivity (Wildman–Crippen MR) is 56.5 cm³/mol. The molecule has 0 amide bonds. The van der Waals surface area contributed by atoms with Gasteiger partial charge in [-0.05, 0) is 12.1 Å². The summed E-state index contributed by atoms with van der Waals surface area (Å²) in [5, 5.41) is 8.98. The number of halogens is 1. The van der Waals surface area contributed by atoms with E-state index in [-0.39, 0.29) is 6.61 Å². The molecule has 0 aliphatic heterocycles. The second kappa shape index (κ2) is 5.54. The molecule has 74 valence electrons. The summed E-state index contributed by atoms with van der Waals surface area (Å²) in [5.74, 6) is 6.58. The van der Waals surface area contributed by atoms with Gasteiger partial charge in [0, 0.05) is 11.1 Å². The summed E-state index contributed by atoms with van der Waals surface area (Å²) in [7, 11) is 1.56. The van der Waals surface area contributed by atoms with E-state index in [1.165, 1.54) is 0 Å².